The third-order valence-corrected chi connectivity index (χ3v) is 6.04. The van der Waals surface area contributed by atoms with Crippen molar-refractivity contribution in [2.45, 2.75) is 19.8 Å². The summed E-state index contributed by atoms with van der Waals surface area (Å²) in [5.74, 6) is -1.32. The summed E-state index contributed by atoms with van der Waals surface area (Å²) in [6, 6.07) is 4.37. The summed E-state index contributed by atoms with van der Waals surface area (Å²) < 4.78 is 39.5. The molecule has 0 spiro atoms. The maximum Gasteiger partial charge on any atom is 0.228 e. The van der Waals surface area contributed by atoms with Crippen LogP contribution in [0.4, 0.5) is 10.1 Å². The Morgan fingerprint density at radius 2 is 2.23 bits per heavy atom. The molecule has 2 rings (SSSR count). The molecule has 22 heavy (non-hydrogen) atoms. The van der Waals surface area contributed by atoms with Crippen molar-refractivity contribution in [1.82, 2.24) is 4.31 Å². The van der Waals surface area contributed by atoms with E-state index in [0.717, 1.165) is 0 Å². The van der Waals surface area contributed by atoms with Gasteiger partial charge < -0.3 is 5.32 Å². The molecule has 0 radical (unpaired) electrons. The van der Waals surface area contributed by atoms with Gasteiger partial charge in [-0.2, -0.15) is 0 Å². The summed E-state index contributed by atoms with van der Waals surface area (Å²) in [5.41, 5.74) is 0.101. The van der Waals surface area contributed by atoms with Gasteiger partial charge in [-0.25, -0.2) is 17.1 Å². The number of halogens is 2. The minimum Gasteiger partial charge on any atom is -0.323 e. The fourth-order valence-corrected chi connectivity index (χ4v) is 3.93. The fourth-order valence-electron chi connectivity index (χ4n) is 2.42. The van der Waals surface area contributed by atoms with Gasteiger partial charge in [0, 0.05) is 17.6 Å². The smallest absolute Gasteiger partial charge is 0.228 e. The van der Waals surface area contributed by atoms with E-state index in [9.17, 15) is 17.6 Å². The summed E-state index contributed by atoms with van der Waals surface area (Å²) in [6.45, 7) is 2.17. The monoisotopic (exact) mass is 392 g/mol. The molecule has 0 saturated carbocycles. The molecule has 1 aliphatic heterocycles. The van der Waals surface area contributed by atoms with Crippen LogP contribution in [0.15, 0.2) is 22.7 Å². The highest BCUT2D eigenvalue weighted by Crippen LogP contribution is 2.23. The van der Waals surface area contributed by atoms with Gasteiger partial charge in [-0.3, -0.25) is 4.79 Å². The summed E-state index contributed by atoms with van der Waals surface area (Å²) in [6.07, 6.45) is 1.22. The number of carbonyl (C=O) groups excluding carboxylic acids is 1. The van der Waals surface area contributed by atoms with E-state index in [0.29, 0.717) is 23.9 Å². The molecule has 0 unspecified atom stereocenters. The number of rotatable bonds is 4. The Morgan fingerprint density at radius 1 is 1.50 bits per heavy atom. The van der Waals surface area contributed by atoms with E-state index in [2.05, 4.69) is 21.2 Å². The molecule has 122 valence electrons. The Labute approximate surface area is 138 Å². The highest BCUT2D eigenvalue weighted by molar-refractivity contribution is 9.10. The average Bonchev–Trinajstić information content (AvgIpc) is 2.50. The fraction of sp³-hybridized carbons (Fsp3) is 0.500. The normalized spacial score (nSPS) is 19.9. The Kier molecular flexibility index (Phi) is 5.57. The maximum absolute atomic E-state index is 13.7. The van der Waals surface area contributed by atoms with Crippen LogP contribution in [-0.4, -0.2) is 37.5 Å². The van der Waals surface area contributed by atoms with Crippen molar-refractivity contribution in [3.05, 3.63) is 28.5 Å². The van der Waals surface area contributed by atoms with E-state index in [1.165, 1.54) is 16.4 Å². The van der Waals surface area contributed by atoms with E-state index in [1.807, 2.05) is 0 Å². The van der Waals surface area contributed by atoms with Gasteiger partial charge in [0.2, 0.25) is 15.9 Å². The van der Waals surface area contributed by atoms with Gasteiger partial charge in [-0.1, -0.05) is 15.9 Å². The van der Waals surface area contributed by atoms with E-state index in [-0.39, 0.29) is 23.9 Å². The first kappa shape index (κ1) is 17.4. The molecule has 0 aliphatic carbocycles. The largest absolute Gasteiger partial charge is 0.323 e. The number of anilines is 1. The van der Waals surface area contributed by atoms with Crippen LogP contribution in [0.3, 0.4) is 0 Å². The number of amides is 1. The number of hydrogen-bond acceptors (Lipinski definition) is 3. The zero-order valence-corrected chi connectivity index (χ0v) is 14.6. The van der Waals surface area contributed by atoms with Crippen molar-refractivity contribution in [2.24, 2.45) is 5.92 Å². The minimum absolute atomic E-state index is 0.0165. The van der Waals surface area contributed by atoms with Crippen molar-refractivity contribution in [3.63, 3.8) is 0 Å². The number of sulfonamides is 1. The van der Waals surface area contributed by atoms with Crippen LogP contribution in [0.2, 0.25) is 0 Å². The topological polar surface area (TPSA) is 66.5 Å². The van der Waals surface area contributed by atoms with E-state index in [1.54, 1.807) is 13.0 Å². The van der Waals surface area contributed by atoms with Gasteiger partial charge in [0.05, 0.1) is 17.4 Å². The third-order valence-electron chi connectivity index (χ3n) is 3.70. The Hall–Kier alpha value is -0.990. The van der Waals surface area contributed by atoms with Crippen molar-refractivity contribution in [1.29, 1.82) is 0 Å². The van der Waals surface area contributed by atoms with Gasteiger partial charge in [-0.15, -0.1) is 0 Å². The van der Waals surface area contributed by atoms with Gasteiger partial charge in [0.25, 0.3) is 0 Å². The second kappa shape index (κ2) is 7.06. The average molecular weight is 393 g/mol. The molecule has 1 aromatic rings. The summed E-state index contributed by atoms with van der Waals surface area (Å²) in [7, 11) is -3.30. The highest BCUT2D eigenvalue weighted by atomic mass is 79.9. The number of piperidine rings is 1. The van der Waals surface area contributed by atoms with Gasteiger partial charge in [0.1, 0.15) is 5.82 Å². The van der Waals surface area contributed by atoms with Crippen molar-refractivity contribution in [3.8, 4) is 0 Å². The van der Waals surface area contributed by atoms with Crippen LogP contribution in [0, 0.1) is 11.7 Å². The molecule has 8 heteroatoms. The second-order valence-corrected chi connectivity index (χ2v) is 8.38. The molecule has 1 heterocycles. The lowest BCUT2D eigenvalue weighted by Crippen LogP contribution is -2.44. The minimum atomic E-state index is -3.30. The molecule has 1 saturated heterocycles. The molecule has 0 bridgehead atoms. The molecule has 1 aromatic carbocycles. The number of benzene rings is 1. The van der Waals surface area contributed by atoms with Crippen LogP contribution in [-0.2, 0) is 14.8 Å². The Bertz CT molecular complexity index is 666. The maximum atomic E-state index is 13.7. The number of nitrogens with one attached hydrogen (secondary N) is 1. The quantitative estimate of drug-likeness (QED) is 0.855. The predicted octanol–water partition coefficient (Wildman–Crippen LogP) is 2.59. The van der Waals surface area contributed by atoms with Crippen LogP contribution in [0.25, 0.3) is 0 Å². The highest BCUT2D eigenvalue weighted by Gasteiger charge is 2.31. The molecule has 1 amide bonds. The van der Waals surface area contributed by atoms with Crippen molar-refractivity contribution >= 4 is 37.5 Å². The lowest BCUT2D eigenvalue weighted by atomic mass is 9.98. The van der Waals surface area contributed by atoms with Crippen LogP contribution >= 0.6 is 15.9 Å². The molecule has 1 fully saturated rings. The summed E-state index contributed by atoms with van der Waals surface area (Å²) >= 11 is 3.15. The Balaban J connectivity index is 2.06. The zero-order valence-electron chi connectivity index (χ0n) is 12.2. The predicted molar refractivity (Wildman–Crippen MR) is 86.5 cm³/mol. The number of nitrogens with zero attached hydrogens (tertiary/aromatic N) is 1. The first-order valence-corrected chi connectivity index (χ1v) is 9.47. The Morgan fingerprint density at radius 3 is 2.86 bits per heavy atom. The van der Waals surface area contributed by atoms with Gasteiger partial charge in [0.15, 0.2) is 0 Å². The third kappa shape index (κ3) is 4.05. The lowest BCUT2D eigenvalue weighted by molar-refractivity contribution is -0.120. The van der Waals surface area contributed by atoms with Crippen LogP contribution in [0.1, 0.15) is 19.8 Å². The molecule has 0 aromatic heterocycles. The number of carbonyl (C=O) groups is 1. The summed E-state index contributed by atoms with van der Waals surface area (Å²) in [5, 5.41) is 2.54. The second-order valence-electron chi connectivity index (χ2n) is 5.21. The zero-order chi connectivity index (χ0) is 16.3. The molecule has 1 atom stereocenters. The van der Waals surface area contributed by atoms with Crippen LogP contribution in [0.5, 0.6) is 0 Å². The van der Waals surface area contributed by atoms with Gasteiger partial charge >= 0.3 is 0 Å². The molecule has 1 aliphatic rings. The van der Waals surface area contributed by atoms with Crippen LogP contribution < -0.4 is 5.32 Å². The molecular formula is C14H18BrFN2O3S. The van der Waals surface area contributed by atoms with E-state index < -0.39 is 21.8 Å². The SMILES string of the molecule is CCS(=O)(=O)N1CCC[C@H](C(=O)Nc2ccc(Br)cc2F)C1. The molecule has 1 N–H and O–H groups in total. The standard InChI is InChI=1S/C14H18BrFN2O3S/c1-2-22(20,21)18-7-3-4-10(9-18)14(19)17-13-6-5-11(15)8-12(13)16/h5-6,8,10H,2-4,7,9H2,1H3,(H,17,19)/t10-/m0/s1. The first-order valence-electron chi connectivity index (χ1n) is 7.07. The lowest BCUT2D eigenvalue weighted by Gasteiger charge is -2.30. The van der Waals surface area contributed by atoms with Gasteiger partial charge in [-0.05, 0) is 38.0 Å². The van der Waals surface area contributed by atoms with E-state index >= 15 is 0 Å². The van der Waals surface area contributed by atoms with Crippen molar-refractivity contribution < 1.29 is 17.6 Å². The molecular weight excluding hydrogens is 375 g/mol. The molecule has 5 nitrogen and oxygen atoms in total. The number of hydrogen-bond donors (Lipinski definition) is 1. The summed E-state index contributed by atoms with van der Waals surface area (Å²) in [4.78, 5) is 12.3. The van der Waals surface area contributed by atoms with E-state index in [4.69, 9.17) is 0 Å². The van der Waals surface area contributed by atoms with Crippen molar-refractivity contribution in [2.75, 3.05) is 24.2 Å². The first-order chi connectivity index (χ1) is 10.3.